The van der Waals surface area contributed by atoms with Crippen LogP contribution in [0.2, 0.25) is 0 Å². The molecule has 0 radical (unpaired) electrons. The van der Waals surface area contributed by atoms with Gasteiger partial charge in [-0.2, -0.15) is 0 Å². The van der Waals surface area contributed by atoms with Crippen molar-refractivity contribution in [2.45, 2.75) is 0 Å². The molecule has 4 heteroatoms. The first-order valence-corrected chi connectivity index (χ1v) is 5.89. The number of phenolic OH excluding ortho intramolecular Hbond substituents is 1. The van der Waals surface area contributed by atoms with Crippen LogP contribution in [0.3, 0.4) is 0 Å². The maximum absolute atomic E-state index is 11.4. The summed E-state index contributed by atoms with van der Waals surface area (Å²) < 4.78 is 0. The Balaban J connectivity index is 2.05. The lowest BCUT2D eigenvalue weighted by Gasteiger charge is -2.34. The molecule has 2 aromatic carbocycles. The number of aromatic hydroxyl groups is 1. The highest BCUT2D eigenvalue weighted by atomic mass is 16.3. The number of fused-ring (bicyclic) bond motifs is 1. The Morgan fingerprint density at radius 1 is 1.00 bits per heavy atom. The number of hydrazine groups is 1. The van der Waals surface area contributed by atoms with Gasteiger partial charge in [-0.15, -0.1) is 0 Å². The average Bonchev–Trinajstić information content (AvgIpc) is 2.47. The molecule has 1 aliphatic heterocycles. The van der Waals surface area contributed by atoms with Crippen LogP contribution >= 0.6 is 0 Å². The second-order valence-electron chi connectivity index (χ2n) is 4.19. The number of nitrogens with zero attached hydrogens (tertiary/aromatic N) is 2. The zero-order valence-electron chi connectivity index (χ0n) is 10.1. The number of hydrogen-bond acceptors (Lipinski definition) is 3. The number of amides is 1. The van der Waals surface area contributed by atoms with Gasteiger partial charge in [-0.05, 0) is 36.4 Å². The van der Waals surface area contributed by atoms with Gasteiger partial charge in [0.1, 0.15) is 5.75 Å². The molecule has 0 spiro atoms. The van der Waals surface area contributed by atoms with E-state index in [1.807, 2.05) is 36.5 Å². The summed E-state index contributed by atoms with van der Waals surface area (Å²) in [6.07, 6.45) is 4.54. The Bertz CT molecular complexity index is 635. The third-order valence-electron chi connectivity index (χ3n) is 3.03. The molecule has 19 heavy (non-hydrogen) atoms. The minimum Gasteiger partial charge on any atom is -0.508 e. The van der Waals surface area contributed by atoms with E-state index >= 15 is 0 Å². The molecular weight excluding hydrogens is 240 g/mol. The quantitative estimate of drug-likeness (QED) is 0.836. The zero-order valence-corrected chi connectivity index (χ0v) is 10.1. The van der Waals surface area contributed by atoms with Gasteiger partial charge in [0.05, 0.1) is 11.4 Å². The van der Waals surface area contributed by atoms with Gasteiger partial charge in [0.2, 0.25) is 6.41 Å². The largest absolute Gasteiger partial charge is 0.508 e. The van der Waals surface area contributed by atoms with Gasteiger partial charge in [-0.25, -0.2) is 5.01 Å². The normalized spacial score (nSPS) is 13.3. The SMILES string of the molecule is O=CN1c2ccccc2C=CN1c1ccc(O)cc1. The van der Waals surface area contributed by atoms with Gasteiger partial charge in [0.25, 0.3) is 0 Å². The molecule has 1 heterocycles. The third-order valence-corrected chi connectivity index (χ3v) is 3.03. The lowest BCUT2D eigenvalue weighted by Crippen LogP contribution is -2.40. The summed E-state index contributed by atoms with van der Waals surface area (Å²) in [7, 11) is 0. The van der Waals surface area contributed by atoms with E-state index in [2.05, 4.69) is 0 Å². The standard InChI is InChI=1S/C15H12N2O2/c18-11-17-15-4-2-1-3-12(15)9-10-16(17)13-5-7-14(19)8-6-13/h1-11,19H. The maximum Gasteiger partial charge on any atom is 0.233 e. The number of anilines is 2. The van der Waals surface area contributed by atoms with Gasteiger partial charge >= 0.3 is 0 Å². The molecule has 0 aliphatic carbocycles. The van der Waals surface area contributed by atoms with E-state index in [1.165, 1.54) is 5.01 Å². The predicted octanol–water partition coefficient (Wildman–Crippen LogP) is 2.76. The molecule has 0 saturated carbocycles. The van der Waals surface area contributed by atoms with Crippen molar-refractivity contribution in [3.05, 3.63) is 60.3 Å². The second-order valence-corrected chi connectivity index (χ2v) is 4.19. The van der Waals surface area contributed by atoms with Crippen LogP contribution in [0, 0.1) is 0 Å². The molecule has 1 N–H and O–H groups in total. The van der Waals surface area contributed by atoms with Crippen molar-refractivity contribution in [1.82, 2.24) is 0 Å². The van der Waals surface area contributed by atoms with Crippen molar-refractivity contribution in [3.63, 3.8) is 0 Å². The van der Waals surface area contributed by atoms with Gasteiger partial charge in [-0.3, -0.25) is 9.80 Å². The molecule has 1 aliphatic rings. The van der Waals surface area contributed by atoms with Gasteiger partial charge < -0.3 is 5.11 Å². The van der Waals surface area contributed by atoms with Crippen molar-refractivity contribution in [1.29, 1.82) is 0 Å². The van der Waals surface area contributed by atoms with Gasteiger partial charge in [-0.1, -0.05) is 18.2 Å². The number of carbonyl (C=O) groups excluding carboxylic acids is 1. The van der Waals surface area contributed by atoms with E-state index in [1.54, 1.807) is 29.3 Å². The molecule has 94 valence electrons. The Hall–Kier alpha value is -2.75. The Morgan fingerprint density at radius 2 is 1.74 bits per heavy atom. The first kappa shape index (κ1) is 11.3. The summed E-state index contributed by atoms with van der Waals surface area (Å²) in [5.74, 6) is 0.197. The smallest absolute Gasteiger partial charge is 0.233 e. The van der Waals surface area contributed by atoms with Crippen molar-refractivity contribution < 1.29 is 9.90 Å². The average molecular weight is 252 g/mol. The number of rotatable bonds is 2. The summed E-state index contributed by atoms with van der Waals surface area (Å²) in [6.45, 7) is 0. The van der Waals surface area contributed by atoms with Crippen molar-refractivity contribution in [2.75, 3.05) is 10.0 Å². The van der Waals surface area contributed by atoms with Crippen LogP contribution in [0.25, 0.3) is 6.08 Å². The summed E-state index contributed by atoms with van der Waals surface area (Å²) >= 11 is 0. The Kier molecular flexibility index (Phi) is 2.68. The highest BCUT2D eigenvalue weighted by molar-refractivity contribution is 5.88. The van der Waals surface area contributed by atoms with Gasteiger partial charge in [0, 0.05) is 11.8 Å². The summed E-state index contributed by atoms with van der Waals surface area (Å²) in [5, 5.41) is 12.6. The van der Waals surface area contributed by atoms with Crippen LogP contribution in [0.4, 0.5) is 11.4 Å². The van der Waals surface area contributed by atoms with Crippen molar-refractivity contribution >= 4 is 23.9 Å². The van der Waals surface area contributed by atoms with Crippen LogP contribution in [-0.4, -0.2) is 11.5 Å². The third kappa shape index (κ3) is 1.93. The van der Waals surface area contributed by atoms with Crippen LogP contribution in [0.1, 0.15) is 5.56 Å². The zero-order chi connectivity index (χ0) is 13.2. The fraction of sp³-hybridized carbons (Fsp3) is 0. The van der Waals surface area contributed by atoms with Crippen LogP contribution in [0.15, 0.2) is 54.7 Å². The molecule has 0 unspecified atom stereocenters. The molecular formula is C15H12N2O2. The summed E-state index contributed by atoms with van der Waals surface area (Å²) in [5.41, 5.74) is 2.62. The summed E-state index contributed by atoms with van der Waals surface area (Å²) in [4.78, 5) is 11.4. The topological polar surface area (TPSA) is 43.8 Å². The van der Waals surface area contributed by atoms with Gasteiger partial charge in [0.15, 0.2) is 0 Å². The second kappa shape index (κ2) is 4.49. The number of benzene rings is 2. The molecule has 3 rings (SSSR count). The Morgan fingerprint density at radius 3 is 2.47 bits per heavy atom. The number of phenols is 1. The molecule has 0 saturated heterocycles. The highest BCUT2D eigenvalue weighted by Gasteiger charge is 2.20. The lowest BCUT2D eigenvalue weighted by molar-refractivity contribution is -0.107. The minimum absolute atomic E-state index is 0.197. The maximum atomic E-state index is 11.4. The van der Waals surface area contributed by atoms with Crippen LogP contribution in [0.5, 0.6) is 5.75 Å². The molecule has 0 aromatic heterocycles. The van der Waals surface area contributed by atoms with Crippen LogP contribution < -0.4 is 10.0 Å². The van der Waals surface area contributed by atoms with Crippen LogP contribution in [-0.2, 0) is 4.79 Å². The monoisotopic (exact) mass is 252 g/mol. The molecule has 0 atom stereocenters. The van der Waals surface area contributed by atoms with Crippen molar-refractivity contribution in [3.8, 4) is 5.75 Å². The number of para-hydroxylation sites is 1. The predicted molar refractivity (Wildman–Crippen MR) is 74.6 cm³/mol. The minimum atomic E-state index is 0.197. The Labute approximate surface area is 110 Å². The van der Waals surface area contributed by atoms with E-state index in [-0.39, 0.29) is 5.75 Å². The molecule has 1 amide bonds. The first-order chi connectivity index (χ1) is 9.29. The molecule has 2 aromatic rings. The lowest BCUT2D eigenvalue weighted by atomic mass is 10.1. The number of carbonyl (C=O) groups is 1. The molecule has 4 nitrogen and oxygen atoms in total. The van der Waals surface area contributed by atoms with E-state index in [0.29, 0.717) is 0 Å². The van der Waals surface area contributed by atoms with E-state index < -0.39 is 0 Å². The number of hydrogen-bond donors (Lipinski definition) is 1. The molecule has 0 fully saturated rings. The summed E-state index contributed by atoms with van der Waals surface area (Å²) in [6, 6.07) is 14.4. The van der Waals surface area contributed by atoms with Crippen molar-refractivity contribution in [2.24, 2.45) is 0 Å². The first-order valence-electron chi connectivity index (χ1n) is 5.89. The fourth-order valence-corrected chi connectivity index (χ4v) is 2.10. The molecule has 0 bridgehead atoms. The van der Waals surface area contributed by atoms with E-state index in [9.17, 15) is 9.90 Å². The van der Waals surface area contributed by atoms with E-state index in [4.69, 9.17) is 0 Å². The highest BCUT2D eigenvalue weighted by Crippen LogP contribution is 2.30. The fourth-order valence-electron chi connectivity index (χ4n) is 2.10. The van der Waals surface area contributed by atoms with E-state index in [0.717, 1.165) is 23.3 Å².